The molecular formula is C13H20BrNO2. The van der Waals surface area contributed by atoms with Crippen LogP contribution in [0, 0.1) is 0 Å². The van der Waals surface area contributed by atoms with Crippen LogP contribution >= 0.6 is 15.9 Å². The van der Waals surface area contributed by atoms with Gasteiger partial charge in [-0.25, -0.2) is 0 Å². The maximum atomic E-state index is 5.86. The maximum absolute atomic E-state index is 5.86. The number of nitrogens with two attached hydrogens (primary N) is 1. The van der Waals surface area contributed by atoms with E-state index in [-0.39, 0.29) is 6.10 Å². The van der Waals surface area contributed by atoms with Gasteiger partial charge >= 0.3 is 0 Å². The zero-order chi connectivity index (χ0) is 12.8. The molecule has 4 heteroatoms. The average molecular weight is 302 g/mol. The molecule has 96 valence electrons. The van der Waals surface area contributed by atoms with Crippen molar-refractivity contribution >= 4 is 15.9 Å². The summed E-state index contributed by atoms with van der Waals surface area (Å²) in [5.74, 6) is 1.51. The number of ether oxygens (including phenoxy) is 2. The number of rotatable bonds is 6. The van der Waals surface area contributed by atoms with E-state index in [4.69, 9.17) is 15.2 Å². The van der Waals surface area contributed by atoms with Crippen molar-refractivity contribution in [2.75, 3.05) is 6.61 Å². The van der Waals surface area contributed by atoms with E-state index in [1.165, 1.54) is 0 Å². The highest BCUT2D eigenvalue weighted by Gasteiger charge is 2.14. The summed E-state index contributed by atoms with van der Waals surface area (Å²) in [4.78, 5) is 0. The smallest absolute Gasteiger partial charge is 0.175 e. The first-order valence-electron chi connectivity index (χ1n) is 5.94. The molecule has 0 fully saturated rings. The molecule has 1 atom stereocenters. The normalized spacial score (nSPS) is 12.3. The van der Waals surface area contributed by atoms with Crippen LogP contribution in [0.1, 0.15) is 32.8 Å². The highest BCUT2D eigenvalue weighted by molar-refractivity contribution is 9.10. The first-order chi connectivity index (χ1) is 8.12. The van der Waals surface area contributed by atoms with Crippen LogP contribution in [0.4, 0.5) is 0 Å². The van der Waals surface area contributed by atoms with Crippen LogP contribution in [0.3, 0.4) is 0 Å². The summed E-state index contributed by atoms with van der Waals surface area (Å²) in [7, 11) is 0. The molecule has 0 aliphatic carbocycles. The van der Waals surface area contributed by atoms with Crippen LogP contribution < -0.4 is 15.2 Å². The molecule has 1 aromatic rings. The Kier molecular flexibility index (Phi) is 5.78. The Hall–Kier alpha value is -0.740. The largest absolute Gasteiger partial charge is 0.490 e. The number of benzene rings is 1. The molecule has 0 saturated carbocycles. The van der Waals surface area contributed by atoms with Crippen molar-refractivity contribution in [3.8, 4) is 11.5 Å². The fourth-order valence-corrected chi connectivity index (χ4v) is 1.98. The van der Waals surface area contributed by atoms with Crippen LogP contribution in [-0.2, 0) is 6.54 Å². The molecular weight excluding hydrogens is 282 g/mol. The Morgan fingerprint density at radius 2 is 2.06 bits per heavy atom. The zero-order valence-corrected chi connectivity index (χ0v) is 12.2. The summed E-state index contributed by atoms with van der Waals surface area (Å²) in [6.07, 6.45) is 1.12. The van der Waals surface area contributed by atoms with Gasteiger partial charge < -0.3 is 15.2 Å². The lowest BCUT2D eigenvalue weighted by molar-refractivity contribution is 0.201. The highest BCUT2D eigenvalue weighted by atomic mass is 79.9. The van der Waals surface area contributed by atoms with E-state index in [0.717, 1.165) is 28.0 Å². The molecule has 1 rings (SSSR count). The molecule has 17 heavy (non-hydrogen) atoms. The van der Waals surface area contributed by atoms with Crippen LogP contribution in [-0.4, -0.2) is 12.7 Å². The van der Waals surface area contributed by atoms with Crippen molar-refractivity contribution in [3.05, 3.63) is 22.2 Å². The van der Waals surface area contributed by atoms with Gasteiger partial charge in [-0.2, -0.15) is 0 Å². The third kappa shape index (κ3) is 3.89. The van der Waals surface area contributed by atoms with Gasteiger partial charge in [0.2, 0.25) is 0 Å². The molecule has 0 spiro atoms. The Morgan fingerprint density at radius 1 is 1.35 bits per heavy atom. The SMILES string of the molecule is CCOc1cc(CN)cc(Br)c1OC(C)CC. The molecule has 0 aliphatic rings. The summed E-state index contributed by atoms with van der Waals surface area (Å²) in [5.41, 5.74) is 6.67. The second kappa shape index (κ2) is 6.87. The second-order valence-electron chi connectivity index (χ2n) is 3.88. The zero-order valence-electron chi connectivity index (χ0n) is 10.6. The van der Waals surface area contributed by atoms with Gasteiger partial charge in [0.1, 0.15) is 0 Å². The lowest BCUT2D eigenvalue weighted by atomic mass is 10.2. The molecule has 0 saturated heterocycles. The van der Waals surface area contributed by atoms with Crippen molar-refractivity contribution in [1.29, 1.82) is 0 Å². The molecule has 1 aromatic carbocycles. The first-order valence-corrected chi connectivity index (χ1v) is 6.73. The third-order valence-corrected chi connectivity index (χ3v) is 3.09. The van der Waals surface area contributed by atoms with Gasteiger partial charge in [0.05, 0.1) is 17.2 Å². The molecule has 3 nitrogen and oxygen atoms in total. The van der Waals surface area contributed by atoms with Crippen LogP contribution in [0.2, 0.25) is 0 Å². The molecule has 0 amide bonds. The number of halogens is 1. The van der Waals surface area contributed by atoms with Gasteiger partial charge in [-0.15, -0.1) is 0 Å². The minimum atomic E-state index is 0.161. The minimum Gasteiger partial charge on any atom is -0.490 e. The number of hydrogen-bond donors (Lipinski definition) is 1. The predicted molar refractivity (Wildman–Crippen MR) is 73.6 cm³/mol. The summed E-state index contributed by atoms with van der Waals surface area (Å²) < 4.78 is 12.4. The molecule has 0 heterocycles. The van der Waals surface area contributed by atoms with Gasteiger partial charge in [0.15, 0.2) is 11.5 Å². The Labute approximate surface area is 111 Å². The predicted octanol–water partition coefficient (Wildman–Crippen LogP) is 3.48. The van der Waals surface area contributed by atoms with Gasteiger partial charge in [0.25, 0.3) is 0 Å². The number of hydrogen-bond acceptors (Lipinski definition) is 3. The van der Waals surface area contributed by atoms with Crippen molar-refractivity contribution in [2.24, 2.45) is 5.73 Å². The second-order valence-corrected chi connectivity index (χ2v) is 4.73. The lowest BCUT2D eigenvalue weighted by Gasteiger charge is -2.18. The Bertz CT molecular complexity index is 369. The average Bonchev–Trinajstić information content (AvgIpc) is 2.33. The van der Waals surface area contributed by atoms with Crippen molar-refractivity contribution in [3.63, 3.8) is 0 Å². The van der Waals surface area contributed by atoms with E-state index in [2.05, 4.69) is 22.9 Å². The monoisotopic (exact) mass is 301 g/mol. The minimum absolute atomic E-state index is 0.161. The third-order valence-electron chi connectivity index (χ3n) is 2.50. The van der Waals surface area contributed by atoms with E-state index < -0.39 is 0 Å². The lowest BCUT2D eigenvalue weighted by Crippen LogP contribution is -2.12. The standard InChI is InChI=1S/C13H20BrNO2/c1-4-9(3)17-13-11(14)6-10(8-15)7-12(13)16-5-2/h6-7,9H,4-5,8,15H2,1-3H3. The molecule has 1 unspecified atom stereocenters. The van der Waals surface area contributed by atoms with Gasteiger partial charge in [-0.05, 0) is 53.9 Å². The summed E-state index contributed by atoms with van der Waals surface area (Å²) in [5, 5.41) is 0. The van der Waals surface area contributed by atoms with Gasteiger partial charge in [0, 0.05) is 6.54 Å². The molecule has 2 N–H and O–H groups in total. The van der Waals surface area contributed by atoms with Crippen LogP contribution in [0.5, 0.6) is 11.5 Å². The summed E-state index contributed by atoms with van der Waals surface area (Å²) in [6, 6.07) is 3.91. The van der Waals surface area contributed by atoms with Crippen LogP contribution in [0.15, 0.2) is 16.6 Å². The van der Waals surface area contributed by atoms with Crippen molar-refractivity contribution in [1.82, 2.24) is 0 Å². The highest BCUT2D eigenvalue weighted by Crippen LogP contribution is 2.37. The Balaban J connectivity index is 3.07. The molecule has 0 aromatic heterocycles. The first kappa shape index (κ1) is 14.3. The van der Waals surface area contributed by atoms with E-state index >= 15 is 0 Å². The van der Waals surface area contributed by atoms with E-state index in [1.54, 1.807) is 0 Å². The summed E-state index contributed by atoms with van der Waals surface area (Å²) in [6.45, 7) is 7.18. The van der Waals surface area contributed by atoms with Gasteiger partial charge in [-0.3, -0.25) is 0 Å². The molecule has 0 radical (unpaired) electrons. The van der Waals surface area contributed by atoms with E-state index in [0.29, 0.717) is 13.2 Å². The maximum Gasteiger partial charge on any atom is 0.175 e. The fraction of sp³-hybridized carbons (Fsp3) is 0.538. The van der Waals surface area contributed by atoms with Crippen LogP contribution in [0.25, 0.3) is 0 Å². The molecule has 0 bridgehead atoms. The van der Waals surface area contributed by atoms with Gasteiger partial charge in [-0.1, -0.05) is 6.92 Å². The van der Waals surface area contributed by atoms with Crippen molar-refractivity contribution in [2.45, 2.75) is 39.8 Å². The van der Waals surface area contributed by atoms with Crippen molar-refractivity contribution < 1.29 is 9.47 Å². The van der Waals surface area contributed by atoms with E-state index in [1.807, 2.05) is 26.0 Å². The Morgan fingerprint density at radius 3 is 2.59 bits per heavy atom. The molecule has 0 aliphatic heterocycles. The topological polar surface area (TPSA) is 44.5 Å². The fourth-order valence-electron chi connectivity index (χ4n) is 1.40. The van der Waals surface area contributed by atoms with E-state index in [9.17, 15) is 0 Å². The summed E-state index contributed by atoms with van der Waals surface area (Å²) >= 11 is 3.51. The quantitative estimate of drug-likeness (QED) is 0.875.